The zero-order chi connectivity index (χ0) is 13.9. The van der Waals surface area contributed by atoms with Crippen molar-refractivity contribution in [1.29, 1.82) is 0 Å². The standard InChI is InChI=1S/C13H20N2O3/c1-8(15-13(2,3)12(14)17)9-5-6-10(16)11(7-9)18-4/h5-8,15-16H,1-4H3,(H2,14,17). The molecule has 1 amide bonds. The van der Waals surface area contributed by atoms with E-state index in [1.807, 2.05) is 6.92 Å². The van der Waals surface area contributed by atoms with Gasteiger partial charge in [0.15, 0.2) is 11.5 Å². The Balaban J connectivity index is 2.91. The van der Waals surface area contributed by atoms with Crippen LogP contribution in [0.25, 0.3) is 0 Å². The highest BCUT2D eigenvalue weighted by atomic mass is 16.5. The van der Waals surface area contributed by atoms with Crippen molar-refractivity contribution in [2.45, 2.75) is 32.4 Å². The molecule has 0 saturated carbocycles. The van der Waals surface area contributed by atoms with Gasteiger partial charge in [-0.25, -0.2) is 0 Å². The number of nitrogens with two attached hydrogens (primary N) is 1. The molecule has 0 aliphatic heterocycles. The van der Waals surface area contributed by atoms with E-state index in [0.717, 1.165) is 5.56 Å². The highest BCUT2D eigenvalue weighted by Gasteiger charge is 2.26. The minimum absolute atomic E-state index is 0.0858. The second-order valence-corrected chi connectivity index (χ2v) is 4.79. The molecule has 0 saturated heterocycles. The van der Waals surface area contributed by atoms with Crippen LogP contribution in [0.2, 0.25) is 0 Å². The molecule has 0 fully saturated rings. The van der Waals surface area contributed by atoms with Gasteiger partial charge < -0.3 is 15.6 Å². The van der Waals surface area contributed by atoms with Crippen molar-refractivity contribution < 1.29 is 14.6 Å². The Morgan fingerprint density at radius 3 is 2.61 bits per heavy atom. The molecule has 1 aromatic rings. The lowest BCUT2D eigenvalue weighted by atomic mass is 10.00. The van der Waals surface area contributed by atoms with Crippen LogP contribution >= 0.6 is 0 Å². The Morgan fingerprint density at radius 1 is 1.50 bits per heavy atom. The first kappa shape index (κ1) is 14.3. The number of ether oxygens (including phenoxy) is 1. The maximum atomic E-state index is 11.3. The van der Waals surface area contributed by atoms with Gasteiger partial charge in [0.05, 0.1) is 12.6 Å². The summed E-state index contributed by atoms with van der Waals surface area (Å²) in [4.78, 5) is 11.3. The van der Waals surface area contributed by atoms with E-state index in [9.17, 15) is 9.90 Å². The van der Waals surface area contributed by atoms with E-state index in [1.54, 1.807) is 32.0 Å². The van der Waals surface area contributed by atoms with Gasteiger partial charge in [0, 0.05) is 6.04 Å². The van der Waals surface area contributed by atoms with Gasteiger partial charge in [-0.2, -0.15) is 0 Å². The van der Waals surface area contributed by atoms with Crippen LogP contribution < -0.4 is 15.8 Å². The summed E-state index contributed by atoms with van der Waals surface area (Å²) < 4.78 is 5.04. The highest BCUT2D eigenvalue weighted by Crippen LogP contribution is 2.29. The van der Waals surface area contributed by atoms with E-state index < -0.39 is 11.4 Å². The second kappa shape index (κ2) is 5.27. The molecule has 5 nitrogen and oxygen atoms in total. The predicted molar refractivity (Wildman–Crippen MR) is 69.5 cm³/mol. The number of amides is 1. The minimum Gasteiger partial charge on any atom is -0.504 e. The summed E-state index contributed by atoms with van der Waals surface area (Å²) in [5.74, 6) is 0.0701. The van der Waals surface area contributed by atoms with Crippen molar-refractivity contribution in [2.75, 3.05) is 7.11 Å². The third-order valence-corrected chi connectivity index (χ3v) is 2.90. The number of primary amides is 1. The average molecular weight is 252 g/mol. The maximum absolute atomic E-state index is 11.3. The first-order valence-corrected chi connectivity index (χ1v) is 5.72. The number of rotatable bonds is 5. The van der Waals surface area contributed by atoms with Gasteiger partial charge in [0.2, 0.25) is 5.91 Å². The summed E-state index contributed by atoms with van der Waals surface area (Å²) >= 11 is 0. The summed E-state index contributed by atoms with van der Waals surface area (Å²) in [6.07, 6.45) is 0. The number of methoxy groups -OCH3 is 1. The molecule has 0 spiro atoms. The number of benzene rings is 1. The number of hydrogen-bond donors (Lipinski definition) is 3. The SMILES string of the molecule is COc1cc(C(C)NC(C)(C)C(N)=O)ccc1O. The quantitative estimate of drug-likeness (QED) is 0.737. The van der Waals surface area contributed by atoms with Crippen LogP contribution in [-0.2, 0) is 4.79 Å². The van der Waals surface area contributed by atoms with Crippen molar-refractivity contribution in [3.05, 3.63) is 23.8 Å². The van der Waals surface area contributed by atoms with Gasteiger partial charge in [0.25, 0.3) is 0 Å². The lowest BCUT2D eigenvalue weighted by Gasteiger charge is -2.27. The van der Waals surface area contributed by atoms with Gasteiger partial charge >= 0.3 is 0 Å². The summed E-state index contributed by atoms with van der Waals surface area (Å²) in [7, 11) is 1.49. The first-order valence-electron chi connectivity index (χ1n) is 5.72. The van der Waals surface area contributed by atoms with Crippen LogP contribution in [-0.4, -0.2) is 23.7 Å². The molecule has 1 atom stereocenters. The van der Waals surface area contributed by atoms with Crippen LogP contribution in [0.15, 0.2) is 18.2 Å². The van der Waals surface area contributed by atoms with Crippen LogP contribution in [0.1, 0.15) is 32.4 Å². The number of carbonyl (C=O) groups is 1. The van der Waals surface area contributed by atoms with Gasteiger partial charge in [-0.1, -0.05) is 6.07 Å². The third kappa shape index (κ3) is 3.13. The van der Waals surface area contributed by atoms with Crippen LogP contribution in [0.5, 0.6) is 11.5 Å². The zero-order valence-electron chi connectivity index (χ0n) is 11.2. The summed E-state index contributed by atoms with van der Waals surface area (Å²) in [5, 5.41) is 12.6. The van der Waals surface area contributed by atoms with Gasteiger partial charge in [-0.05, 0) is 38.5 Å². The van der Waals surface area contributed by atoms with Gasteiger partial charge in [-0.3, -0.25) is 10.1 Å². The minimum atomic E-state index is -0.801. The van der Waals surface area contributed by atoms with Crippen molar-refractivity contribution in [3.8, 4) is 11.5 Å². The molecule has 0 aliphatic rings. The van der Waals surface area contributed by atoms with Crippen LogP contribution in [0.4, 0.5) is 0 Å². The molecule has 18 heavy (non-hydrogen) atoms. The number of phenols is 1. The summed E-state index contributed by atoms with van der Waals surface area (Å²) in [5.41, 5.74) is 5.41. The van der Waals surface area contributed by atoms with Crippen LogP contribution in [0.3, 0.4) is 0 Å². The maximum Gasteiger partial charge on any atom is 0.237 e. The third-order valence-electron chi connectivity index (χ3n) is 2.90. The number of hydrogen-bond acceptors (Lipinski definition) is 4. The highest BCUT2D eigenvalue weighted by molar-refractivity contribution is 5.83. The van der Waals surface area contributed by atoms with E-state index in [4.69, 9.17) is 10.5 Å². The lowest BCUT2D eigenvalue weighted by Crippen LogP contribution is -2.51. The largest absolute Gasteiger partial charge is 0.504 e. The van der Waals surface area contributed by atoms with Crippen LogP contribution in [0, 0.1) is 0 Å². The molecule has 4 N–H and O–H groups in total. The van der Waals surface area contributed by atoms with E-state index in [0.29, 0.717) is 5.75 Å². The molecule has 0 heterocycles. The molecule has 0 aromatic heterocycles. The van der Waals surface area contributed by atoms with Crippen molar-refractivity contribution in [3.63, 3.8) is 0 Å². The fourth-order valence-electron chi connectivity index (χ4n) is 1.66. The number of carbonyl (C=O) groups excluding carboxylic acids is 1. The molecule has 100 valence electrons. The first-order chi connectivity index (χ1) is 8.27. The van der Waals surface area contributed by atoms with E-state index in [-0.39, 0.29) is 11.8 Å². The lowest BCUT2D eigenvalue weighted by molar-refractivity contribution is -0.123. The van der Waals surface area contributed by atoms with Gasteiger partial charge in [-0.15, -0.1) is 0 Å². The molecule has 1 unspecified atom stereocenters. The Kier molecular flexibility index (Phi) is 4.19. The van der Waals surface area contributed by atoms with E-state index in [1.165, 1.54) is 7.11 Å². The molecular weight excluding hydrogens is 232 g/mol. The number of phenolic OH excluding ortho intramolecular Hbond substituents is 1. The molecular formula is C13H20N2O3. The summed E-state index contributed by atoms with van der Waals surface area (Å²) in [6, 6.07) is 4.96. The second-order valence-electron chi connectivity index (χ2n) is 4.79. The monoisotopic (exact) mass is 252 g/mol. The number of nitrogens with one attached hydrogen (secondary N) is 1. The molecule has 1 rings (SSSR count). The molecule has 0 aliphatic carbocycles. The Morgan fingerprint density at radius 2 is 2.11 bits per heavy atom. The average Bonchev–Trinajstić information content (AvgIpc) is 2.28. The van der Waals surface area contributed by atoms with E-state index in [2.05, 4.69) is 5.32 Å². The summed E-state index contributed by atoms with van der Waals surface area (Å²) in [6.45, 7) is 5.36. The Bertz CT molecular complexity index is 444. The Labute approximate surface area is 107 Å². The van der Waals surface area contributed by atoms with Crippen molar-refractivity contribution >= 4 is 5.91 Å². The van der Waals surface area contributed by atoms with Gasteiger partial charge in [0.1, 0.15) is 0 Å². The topological polar surface area (TPSA) is 84.6 Å². The smallest absolute Gasteiger partial charge is 0.237 e. The van der Waals surface area contributed by atoms with E-state index >= 15 is 0 Å². The Hall–Kier alpha value is -1.75. The fraction of sp³-hybridized carbons (Fsp3) is 0.462. The van der Waals surface area contributed by atoms with Crippen molar-refractivity contribution in [1.82, 2.24) is 5.32 Å². The predicted octanol–water partition coefficient (Wildman–Crippen LogP) is 1.32. The number of aromatic hydroxyl groups is 1. The molecule has 1 aromatic carbocycles. The normalized spacial score (nSPS) is 13.1. The fourth-order valence-corrected chi connectivity index (χ4v) is 1.66. The molecule has 0 bridgehead atoms. The molecule has 5 heteroatoms. The van der Waals surface area contributed by atoms with Crippen molar-refractivity contribution in [2.24, 2.45) is 5.73 Å². The zero-order valence-corrected chi connectivity index (χ0v) is 11.2. The molecule has 0 radical (unpaired) electrons.